The summed E-state index contributed by atoms with van der Waals surface area (Å²) < 4.78 is 0. The van der Waals surface area contributed by atoms with Crippen molar-refractivity contribution < 1.29 is 9.59 Å². The molecule has 120 valence electrons. The fourth-order valence-corrected chi connectivity index (χ4v) is 4.38. The van der Waals surface area contributed by atoms with Gasteiger partial charge in [-0.15, -0.1) is 11.3 Å². The summed E-state index contributed by atoms with van der Waals surface area (Å²) in [5.41, 5.74) is 5.64. The van der Waals surface area contributed by atoms with E-state index < -0.39 is 0 Å². The van der Waals surface area contributed by atoms with Crippen LogP contribution in [0.2, 0.25) is 0 Å². The van der Waals surface area contributed by atoms with Crippen LogP contribution in [0.4, 0.5) is 0 Å². The molecule has 3 heterocycles. The van der Waals surface area contributed by atoms with E-state index in [0.29, 0.717) is 31.8 Å². The van der Waals surface area contributed by atoms with Crippen molar-refractivity contribution in [2.24, 2.45) is 11.7 Å². The Kier molecular flexibility index (Phi) is 4.78. The van der Waals surface area contributed by atoms with Gasteiger partial charge in [0.05, 0.1) is 6.42 Å². The third-order valence-corrected chi connectivity index (χ3v) is 5.65. The first kappa shape index (κ1) is 15.5. The third kappa shape index (κ3) is 3.17. The van der Waals surface area contributed by atoms with E-state index in [0.717, 1.165) is 30.8 Å². The zero-order valence-electron chi connectivity index (χ0n) is 12.7. The van der Waals surface area contributed by atoms with Crippen LogP contribution in [0, 0.1) is 5.92 Å². The van der Waals surface area contributed by atoms with Crippen LogP contribution in [0.1, 0.15) is 24.1 Å². The molecule has 6 heteroatoms. The van der Waals surface area contributed by atoms with E-state index in [2.05, 4.69) is 0 Å². The van der Waals surface area contributed by atoms with Gasteiger partial charge in [0.25, 0.3) is 0 Å². The summed E-state index contributed by atoms with van der Waals surface area (Å²) in [6.45, 7) is 2.68. The maximum atomic E-state index is 12.4. The number of amides is 2. The minimum atomic E-state index is 0.211. The molecule has 0 unspecified atom stereocenters. The lowest BCUT2D eigenvalue weighted by Gasteiger charge is -2.47. The fourth-order valence-electron chi connectivity index (χ4n) is 3.68. The molecule has 0 saturated carbocycles. The van der Waals surface area contributed by atoms with Crippen LogP contribution in [-0.4, -0.2) is 53.8 Å². The van der Waals surface area contributed by atoms with Gasteiger partial charge in [0.2, 0.25) is 11.8 Å². The summed E-state index contributed by atoms with van der Waals surface area (Å²) in [6.07, 6.45) is 2.87. The summed E-state index contributed by atoms with van der Waals surface area (Å²) in [4.78, 5) is 29.6. The quantitative estimate of drug-likeness (QED) is 0.903. The predicted octanol–water partition coefficient (Wildman–Crippen LogP) is 1.09. The Morgan fingerprint density at radius 1 is 1.41 bits per heavy atom. The van der Waals surface area contributed by atoms with Crippen molar-refractivity contribution in [2.45, 2.75) is 31.7 Å². The number of rotatable bonds is 4. The first-order valence-corrected chi connectivity index (χ1v) is 8.86. The van der Waals surface area contributed by atoms with Crippen molar-refractivity contribution in [3.05, 3.63) is 22.4 Å². The smallest absolute Gasteiger partial charge is 0.227 e. The average molecular weight is 321 g/mol. The molecular weight excluding hydrogens is 298 g/mol. The largest absolute Gasteiger partial charge is 0.342 e. The molecule has 1 aromatic heterocycles. The van der Waals surface area contributed by atoms with E-state index >= 15 is 0 Å². The highest BCUT2D eigenvalue weighted by molar-refractivity contribution is 7.10. The lowest BCUT2D eigenvalue weighted by Crippen LogP contribution is -2.57. The Bertz CT molecular complexity index is 532. The first-order chi connectivity index (χ1) is 10.7. The summed E-state index contributed by atoms with van der Waals surface area (Å²) >= 11 is 1.63. The van der Waals surface area contributed by atoms with Crippen LogP contribution in [0.3, 0.4) is 0 Å². The molecule has 1 aromatic rings. The van der Waals surface area contributed by atoms with Gasteiger partial charge < -0.3 is 15.5 Å². The lowest BCUT2D eigenvalue weighted by atomic mass is 9.83. The molecular formula is C16H23N3O2S. The van der Waals surface area contributed by atoms with Crippen molar-refractivity contribution in [3.8, 4) is 0 Å². The van der Waals surface area contributed by atoms with E-state index in [1.54, 1.807) is 11.3 Å². The minimum Gasteiger partial charge on any atom is -0.342 e. The zero-order chi connectivity index (χ0) is 15.5. The average Bonchev–Trinajstić information content (AvgIpc) is 3.02. The molecule has 22 heavy (non-hydrogen) atoms. The topological polar surface area (TPSA) is 66.6 Å². The van der Waals surface area contributed by atoms with E-state index in [1.165, 1.54) is 0 Å². The Labute approximate surface area is 135 Å². The first-order valence-electron chi connectivity index (χ1n) is 7.98. The number of nitrogens with zero attached hydrogens (tertiary/aromatic N) is 2. The van der Waals surface area contributed by atoms with Gasteiger partial charge in [-0.05, 0) is 30.2 Å². The molecule has 2 amide bonds. The zero-order valence-corrected chi connectivity index (χ0v) is 13.6. The van der Waals surface area contributed by atoms with Crippen molar-refractivity contribution in [3.63, 3.8) is 0 Å². The second-order valence-electron chi connectivity index (χ2n) is 6.13. The van der Waals surface area contributed by atoms with Crippen LogP contribution in [0.15, 0.2) is 17.5 Å². The number of carbonyl (C=O) groups is 2. The van der Waals surface area contributed by atoms with Gasteiger partial charge >= 0.3 is 0 Å². The van der Waals surface area contributed by atoms with Crippen LogP contribution >= 0.6 is 11.3 Å². The molecule has 0 aliphatic carbocycles. The molecule has 0 spiro atoms. The third-order valence-electron chi connectivity index (χ3n) is 4.77. The highest BCUT2D eigenvalue weighted by atomic mass is 32.1. The maximum absolute atomic E-state index is 12.4. The van der Waals surface area contributed by atoms with Crippen molar-refractivity contribution in [1.82, 2.24) is 9.80 Å². The van der Waals surface area contributed by atoms with Gasteiger partial charge in [-0.3, -0.25) is 9.59 Å². The molecule has 2 aliphatic rings. The SMILES string of the molecule is NCCN1C(=O)CC[C@H]2CN(C(=O)Cc3cccs3)CC[C@H]21. The lowest BCUT2D eigenvalue weighted by molar-refractivity contribution is -0.143. The second kappa shape index (κ2) is 6.79. The standard InChI is InChI=1S/C16H23N3O2S/c17-6-8-19-14-5-7-18(11-12(14)3-4-15(19)20)16(21)10-13-2-1-9-22-13/h1-2,9,12,14H,3-8,10-11,17H2/t12-,14+/m0/s1. The van der Waals surface area contributed by atoms with E-state index in [4.69, 9.17) is 5.73 Å². The van der Waals surface area contributed by atoms with Crippen LogP contribution in [0.5, 0.6) is 0 Å². The normalized spacial score (nSPS) is 25.2. The number of carbonyl (C=O) groups excluding carboxylic acids is 2. The van der Waals surface area contributed by atoms with Crippen LogP contribution < -0.4 is 5.73 Å². The summed E-state index contributed by atoms with van der Waals surface area (Å²) in [5.74, 6) is 0.846. The summed E-state index contributed by atoms with van der Waals surface area (Å²) in [6, 6.07) is 4.27. The highest BCUT2D eigenvalue weighted by Crippen LogP contribution is 2.31. The number of hydrogen-bond donors (Lipinski definition) is 1. The van der Waals surface area contributed by atoms with E-state index in [9.17, 15) is 9.59 Å². The maximum Gasteiger partial charge on any atom is 0.227 e. The summed E-state index contributed by atoms with van der Waals surface area (Å²) in [7, 11) is 0. The molecule has 2 N–H and O–H groups in total. The Hall–Kier alpha value is -1.40. The number of piperidine rings is 2. The van der Waals surface area contributed by atoms with Gasteiger partial charge in [0, 0.05) is 43.5 Å². The van der Waals surface area contributed by atoms with E-state index in [-0.39, 0.29) is 17.9 Å². The molecule has 3 rings (SSSR count). The highest BCUT2D eigenvalue weighted by Gasteiger charge is 2.39. The molecule has 2 fully saturated rings. The fraction of sp³-hybridized carbons (Fsp3) is 0.625. The molecule has 0 aromatic carbocycles. The van der Waals surface area contributed by atoms with E-state index in [1.807, 2.05) is 27.3 Å². The molecule has 2 aliphatic heterocycles. The molecule has 2 saturated heterocycles. The van der Waals surface area contributed by atoms with Crippen LogP contribution in [0.25, 0.3) is 0 Å². The van der Waals surface area contributed by atoms with Gasteiger partial charge in [-0.2, -0.15) is 0 Å². The van der Waals surface area contributed by atoms with Gasteiger partial charge in [0.1, 0.15) is 0 Å². The van der Waals surface area contributed by atoms with Crippen molar-refractivity contribution in [2.75, 3.05) is 26.2 Å². The second-order valence-corrected chi connectivity index (χ2v) is 7.16. The number of fused-ring (bicyclic) bond motifs is 1. The number of hydrogen-bond acceptors (Lipinski definition) is 4. The minimum absolute atomic E-state index is 0.211. The van der Waals surface area contributed by atoms with Crippen molar-refractivity contribution in [1.29, 1.82) is 0 Å². The Morgan fingerprint density at radius 2 is 2.27 bits per heavy atom. The van der Waals surface area contributed by atoms with Gasteiger partial charge in [-0.1, -0.05) is 6.07 Å². The monoisotopic (exact) mass is 321 g/mol. The van der Waals surface area contributed by atoms with Crippen LogP contribution in [-0.2, 0) is 16.0 Å². The molecule has 5 nitrogen and oxygen atoms in total. The van der Waals surface area contributed by atoms with Crippen molar-refractivity contribution >= 4 is 23.2 Å². The predicted molar refractivity (Wildman–Crippen MR) is 86.5 cm³/mol. The Balaban J connectivity index is 1.61. The number of nitrogens with two attached hydrogens (primary N) is 1. The van der Waals surface area contributed by atoms with Gasteiger partial charge in [-0.25, -0.2) is 0 Å². The molecule has 0 bridgehead atoms. The Morgan fingerprint density at radius 3 is 3.00 bits per heavy atom. The number of thiophene rings is 1. The molecule has 0 radical (unpaired) electrons. The van der Waals surface area contributed by atoms with Gasteiger partial charge in [0.15, 0.2) is 0 Å². The molecule has 2 atom stereocenters. The number of likely N-dealkylation sites (tertiary alicyclic amines) is 2. The summed E-state index contributed by atoms with van der Waals surface area (Å²) in [5, 5.41) is 2.01.